The fourth-order valence-corrected chi connectivity index (χ4v) is 2.22. The molecule has 0 aromatic rings. The maximum Gasteiger partial charge on any atom is 0.0903 e. The SMILES string of the molecule is CCC(O)(CCC(O)C(O)CCCO)C(O)CCCO. The van der Waals surface area contributed by atoms with Gasteiger partial charge in [0.15, 0.2) is 0 Å². The molecule has 0 fully saturated rings. The van der Waals surface area contributed by atoms with Crippen molar-refractivity contribution in [3.8, 4) is 0 Å². The van der Waals surface area contributed by atoms with E-state index in [2.05, 4.69) is 0 Å². The third-order valence-corrected chi connectivity index (χ3v) is 3.84. The molecule has 0 spiro atoms. The van der Waals surface area contributed by atoms with Crippen molar-refractivity contribution in [2.24, 2.45) is 0 Å². The average Bonchev–Trinajstić information content (AvgIpc) is 2.46. The standard InChI is InChI=1S/C14H30O6/c1-2-14(20,13(19)6-4-10-16)8-7-12(18)11(17)5-3-9-15/h11-13,15-20H,2-10H2,1H3. The molecular weight excluding hydrogens is 264 g/mol. The molecule has 0 aromatic carbocycles. The third kappa shape index (κ3) is 6.97. The van der Waals surface area contributed by atoms with Crippen LogP contribution in [0.15, 0.2) is 0 Å². The Labute approximate surface area is 120 Å². The van der Waals surface area contributed by atoms with Gasteiger partial charge in [-0.25, -0.2) is 0 Å². The van der Waals surface area contributed by atoms with Gasteiger partial charge in [-0.2, -0.15) is 0 Å². The number of rotatable bonds is 12. The lowest BCUT2D eigenvalue weighted by atomic mass is 9.84. The van der Waals surface area contributed by atoms with E-state index in [1.54, 1.807) is 6.92 Å². The van der Waals surface area contributed by atoms with Crippen molar-refractivity contribution in [2.45, 2.75) is 75.8 Å². The van der Waals surface area contributed by atoms with E-state index in [1.165, 1.54) is 0 Å². The lowest BCUT2D eigenvalue weighted by molar-refractivity contribution is -0.0981. The van der Waals surface area contributed by atoms with Crippen LogP contribution in [-0.2, 0) is 0 Å². The minimum absolute atomic E-state index is 0.0391. The van der Waals surface area contributed by atoms with Crippen LogP contribution in [0, 0.1) is 0 Å². The van der Waals surface area contributed by atoms with Crippen LogP contribution in [0.3, 0.4) is 0 Å². The normalized spacial score (nSPS) is 19.4. The summed E-state index contributed by atoms with van der Waals surface area (Å²) < 4.78 is 0. The summed E-state index contributed by atoms with van der Waals surface area (Å²) in [4.78, 5) is 0. The molecule has 0 heterocycles. The molecule has 0 rings (SSSR count). The maximum atomic E-state index is 10.4. The summed E-state index contributed by atoms with van der Waals surface area (Å²) in [6.45, 7) is 1.67. The Bertz CT molecular complexity index is 238. The number of aliphatic hydroxyl groups excluding tert-OH is 5. The third-order valence-electron chi connectivity index (χ3n) is 3.84. The average molecular weight is 294 g/mol. The van der Waals surface area contributed by atoms with Crippen LogP contribution in [0.4, 0.5) is 0 Å². The van der Waals surface area contributed by atoms with Crippen molar-refractivity contribution in [3.05, 3.63) is 0 Å². The summed E-state index contributed by atoms with van der Waals surface area (Å²) in [5, 5.41) is 57.2. The zero-order valence-corrected chi connectivity index (χ0v) is 12.3. The van der Waals surface area contributed by atoms with E-state index < -0.39 is 23.9 Å². The predicted octanol–water partition coefficient (Wildman–Crippen LogP) is -0.465. The van der Waals surface area contributed by atoms with Crippen LogP contribution in [-0.4, -0.2) is 67.8 Å². The van der Waals surface area contributed by atoms with Crippen molar-refractivity contribution in [1.82, 2.24) is 0 Å². The summed E-state index contributed by atoms with van der Waals surface area (Å²) in [6, 6.07) is 0. The molecule has 0 aliphatic rings. The van der Waals surface area contributed by atoms with Crippen molar-refractivity contribution in [2.75, 3.05) is 13.2 Å². The Hall–Kier alpha value is -0.240. The topological polar surface area (TPSA) is 121 Å². The highest BCUT2D eigenvalue weighted by Crippen LogP contribution is 2.26. The molecule has 0 saturated heterocycles. The molecule has 0 aliphatic heterocycles. The van der Waals surface area contributed by atoms with E-state index >= 15 is 0 Å². The molecule has 0 saturated carbocycles. The lowest BCUT2D eigenvalue weighted by Crippen LogP contribution is -2.43. The van der Waals surface area contributed by atoms with Gasteiger partial charge >= 0.3 is 0 Å². The Balaban J connectivity index is 4.27. The fraction of sp³-hybridized carbons (Fsp3) is 1.00. The monoisotopic (exact) mass is 294 g/mol. The van der Waals surface area contributed by atoms with Gasteiger partial charge in [0.25, 0.3) is 0 Å². The van der Waals surface area contributed by atoms with Crippen molar-refractivity contribution < 1.29 is 30.6 Å². The van der Waals surface area contributed by atoms with Crippen LogP contribution in [0.5, 0.6) is 0 Å². The highest BCUT2D eigenvalue weighted by Gasteiger charge is 2.34. The van der Waals surface area contributed by atoms with Gasteiger partial charge in [-0.3, -0.25) is 0 Å². The van der Waals surface area contributed by atoms with E-state index in [-0.39, 0.29) is 26.1 Å². The summed E-state index contributed by atoms with van der Waals surface area (Å²) >= 11 is 0. The second-order valence-corrected chi connectivity index (χ2v) is 5.38. The number of hydrogen-bond donors (Lipinski definition) is 6. The van der Waals surface area contributed by atoms with Crippen LogP contribution in [0.1, 0.15) is 51.9 Å². The summed E-state index contributed by atoms with van der Waals surface area (Å²) in [5.74, 6) is 0. The van der Waals surface area contributed by atoms with Gasteiger partial charge in [0.2, 0.25) is 0 Å². The largest absolute Gasteiger partial charge is 0.396 e. The van der Waals surface area contributed by atoms with Crippen LogP contribution < -0.4 is 0 Å². The Morgan fingerprint density at radius 2 is 1.35 bits per heavy atom. The summed E-state index contributed by atoms with van der Waals surface area (Å²) in [6.07, 6.45) is -0.775. The highest BCUT2D eigenvalue weighted by molar-refractivity contribution is 4.86. The Kier molecular flexibility index (Phi) is 10.4. The first kappa shape index (κ1) is 19.8. The molecule has 6 heteroatoms. The molecule has 20 heavy (non-hydrogen) atoms. The van der Waals surface area contributed by atoms with Crippen LogP contribution in [0.2, 0.25) is 0 Å². The van der Waals surface area contributed by atoms with Gasteiger partial charge in [0.05, 0.1) is 23.9 Å². The number of hydrogen-bond acceptors (Lipinski definition) is 6. The first-order valence-electron chi connectivity index (χ1n) is 7.39. The van der Waals surface area contributed by atoms with E-state index in [0.29, 0.717) is 32.1 Å². The minimum Gasteiger partial charge on any atom is -0.396 e. The number of aliphatic hydroxyl groups is 6. The zero-order chi connectivity index (χ0) is 15.6. The Morgan fingerprint density at radius 1 is 0.850 bits per heavy atom. The quantitative estimate of drug-likeness (QED) is 0.289. The molecule has 0 amide bonds. The van der Waals surface area contributed by atoms with Crippen molar-refractivity contribution in [1.29, 1.82) is 0 Å². The van der Waals surface area contributed by atoms with E-state index in [0.717, 1.165) is 0 Å². The van der Waals surface area contributed by atoms with Gasteiger partial charge < -0.3 is 30.6 Å². The highest BCUT2D eigenvalue weighted by atomic mass is 16.3. The summed E-state index contributed by atoms with van der Waals surface area (Å²) in [7, 11) is 0. The lowest BCUT2D eigenvalue weighted by Gasteiger charge is -2.33. The molecular formula is C14H30O6. The smallest absolute Gasteiger partial charge is 0.0903 e. The van der Waals surface area contributed by atoms with Gasteiger partial charge in [-0.15, -0.1) is 0 Å². The minimum atomic E-state index is -1.31. The van der Waals surface area contributed by atoms with Gasteiger partial charge in [0, 0.05) is 13.2 Å². The molecule has 6 nitrogen and oxygen atoms in total. The van der Waals surface area contributed by atoms with Gasteiger partial charge in [-0.1, -0.05) is 6.92 Å². The van der Waals surface area contributed by atoms with Gasteiger partial charge in [0.1, 0.15) is 0 Å². The molecule has 4 unspecified atom stereocenters. The van der Waals surface area contributed by atoms with E-state index in [1.807, 2.05) is 0 Å². The van der Waals surface area contributed by atoms with E-state index in [9.17, 15) is 20.4 Å². The first-order chi connectivity index (χ1) is 9.41. The fourth-order valence-electron chi connectivity index (χ4n) is 2.22. The van der Waals surface area contributed by atoms with Crippen molar-refractivity contribution >= 4 is 0 Å². The van der Waals surface area contributed by atoms with Crippen LogP contribution >= 0.6 is 0 Å². The first-order valence-corrected chi connectivity index (χ1v) is 7.39. The zero-order valence-electron chi connectivity index (χ0n) is 12.3. The molecule has 0 radical (unpaired) electrons. The maximum absolute atomic E-state index is 10.4. The molecule has 0 aliphatic carbocycles. The molecule has 122 valence electrons. The van der Waals surface area contributed by atoms with Gasteiger partial charge in [-0.05, 0) is 44.9 Å². The second kappa shape index (κ2) is 10.5. The second-order valence-electron chi connectivity index (χ2n) is 5.38. The molecule has 0 aromatic heterocycles. The predicted molar refractivity (Wildman–Crippen MR) is 75.1 cm³/mol. The van der Waals surface area contributed by atoms with Crippen molar-refractivity contribution in [3.63, 3.8) is 0 Å². The molecule has 6 N–H and O–H groups in total. The van der Waals surface area contributed by atoms with E-state index in [4.69, 9.17) is 10.2 Å². The Morgan fingerprint density at radius 3 is 1.85 bits per heavy atom. The molecule has 4 atom stereocenters. The molecule has 0 bridgehead atoms. The summed E-state index contributed by atoms with van der Waals surface area (Å²) in [5.41, 5.74) is -1.31. The van der Waals surface area contributed by atoms with Crippen LogP contribution in [0.25, 0.3) is 0 Å².